The summed E-state index contributed by atoms with van der Waals surface area (Å²) in [6.45, 7) is 5.85. The largest absolute Gasteiger partial charge is 0.374 e. The normalized spacial score (nSPS) is 16.8. The van der Waals surface area contributed by atoms with E-state index in [2.05, 4.69) is 19.9 Å². The van der Waals surface area contributed by atoms with Crippen LogP contribution in [0, 0.1) is 0 Å². The Kier molecular flexibility index (Phi) is 4.05. The van der Waals surface area contributed by atoms with Crippen molar-refractivity contribution in [1.82, 2.24) is 29.4 Å². The maximum Gasteiger partial charge on any atom is 0.257 e. The summed E-state index contributed by atoms with van der Waals surface area (Å²) >= 11 is 0. The zero-order valence-corrected chi connectivity index (χ0v) is 13.9. The summed E-state index contributed by atoms with van der Waals surface area (Å²) in [6, 6.07) is 0. The minimum absolute atomic E-state index is 0.0544. The van der Waals surface area contributed by atoms with Crippen molar-refractivity contribution in [2.24, 2.45) is 0 Å². The van der Waals surface area contributed by atoms with E-state index in [9.17, 15) is 4.79 Å². The molecule has 4 heterocycles. The fourth-order valence-corrected chi connectivity index (χ4v) is 3.46. The minimum atomic E-state index is 0.0544. The van der Waals surface area contributed by atoms with Crippen LogP contribution in [0.15, 0.2) is 6.20 Å². The quantitative estimate of drug-likeness (QED) is 0.836. The Balaban J connectivity index is 1.51. The molecular formula is C16H22N6O2. The van der Waals surface area contributed by atoms with Crippen molar-refractivity contribution in [3.05, 3.63) is 29.1 Å². The van der Waals surface area contributed by atoms with Crippen LogP contribution in [0.1, 0.15) is 47.5 Å². The average molecular weight is 330 g/mol. The molecule has 0 radical (unpaired) electrons. The second-order valence-corrected chi connectivity index (χ2v) is 6.23. The van der Waals surface area contributed by atoms with Crippen LogP contribution in [0.5, 0.6) is 0 Å². The van der Waals surface area contributed by atoms with E-state index in [1.807, 2.05) is 16.5 Å². The van der Waals surface area contributed by atoms with Gasteiger partial charge in [0.15, 0.2) is 11.6 Å². The fourth-order valence-electron chi connectivity index (χ4n) is 3.46. The Hall–Kier alpha value is -2.22. The highest BCUT2D eigenvalue weighted by atomic mass is 16.5. The lowest BCUT2D eigenvalue weighted by Crippen LogP contribution is -2.39. The second kappa shape index (κ2) is 6.35. The molecule has 0 bridgehead atoms. The first-order valence-corrected chi connectivity index (χ1v) is 8.60. The van der Waals surface area contributed by atoms with Crippen molar-refractivity contribution >= 4 is 5.91 Å². The number of nitrogens with zero attached hydrogens (tertiary/aromatic N) is 6. The summed E-state index contributed by atoms with van der Waals surface area (Å²) < 4.78 is 9.46. The topological polar surface area (TPSA) is 78.1 Å². The molecule has 0 aromatic carbocycles. The monoisotopic (exact) mass is 330 g/mol. The van der Waals surface area contributed by atoms with Gasteiger partial charge in [-0.05, 0) is 26.2 Å². The molecule has 2 aliphatic heterocycles. The molecule has 0 saturated carbocycles. The summed E-state index contributed by atoms with van der Waals surface area (Å²) in [4.78, 5) is 14.8. The standard InChI is InChI=1S/C16H22N6O2/c1-2-24-11-15-19-18-14-10-20(7-8-21(14)15)16(23)12-9-17-22-6-4-3-5-13(12)22/h9H,2-8,10-11H2,1H3. The molecule has 2 aromatic heterocycles. The third-order valence-electron chi connectivity index (χ3n) is 4.76. The highest BCUT2D eigenvalue weighted by Gasteiger charge is 2.28. The number of amides is 1. The maximum absolute atomic E-state index is 12.9. The van der Waals surface area contributed by atoms with Crippen LogP contribution in [0.3, 0.4) is 0 Å². The van der Waals surface area contributed by atoms with Crippen LogP contribution < -0.4 is 0 Å². The summed E-state index contributed by atoms with van der Waals surface area (Å²) in [5.41, 5.74) is 1.83. The summed E-state index contributed by atoms with van der Waals surface area (Å²) in [7, 11) is 0. The molecule has 24 heavy (non-hydrogen) atoms. The zero-order chi connectivity index (χ0) is 16.5. The van der Waals surface area contributed by atoms with Gasteiger partial charge < -0.3 is 14.2 Å². The fraction of sp³-hybridized carbons (Fsp3) is 0.625. The van der Waals surface area contributed by atoms with Gasteiger partial charge in [-0.2, -0.15) is 5.10 Å². The van der Waals surface area contributed by atoms with Gasteiger partial charge in [-0.25, -0.2) is 0 Å². The predicted octanol–water partition coefficient (Wildman–Crippen LogP) is 1.00. The molecule has 8 heteroatoms. The van der Waals surface area contributed by atoms with E-state index < -0.39 is 0 Å². The number of hydrogen-bond acceptors (Lipinski definition) is 5. The van der Waals surface area contributed by atoms with E-state index in [0.717, 1.165) is 48.7 Å². The molecule has 0 aliphatic carbocycles. The Morgan fingerprint density at radius 3 is 3.04 bits per heavy atom. The molecule has 0 fully saturated rings. The van der Waals surface area contributed by atoms with Crippen LogP contribution >= 0.6 is 0 Å². The van der Waals surface area contributed by atoms with Crippen LogP contribution in [-0.2, 0) is 37.4 Å². The third-order valence-corrected chi connectivity index (χ3v) is 4.76. The second-order valence-electron chi connectivity index (χ2n) is 6.23. The van der Waals surface area contributed by atoms with Crippen molar-refractivity contribution in [3.8, 4) is 0 Å². The van der Waals surface area contributed by atoms with Gasteiger partial charge in [-0.3, -0.25) is 9.48 Å². The molecule has 128 valence electrons. The minimum Gasteiger partial charge on any atom is -0.374 e. The van der Waals surface area contributed by atoms with Gasteiger partial charge in [0.05, 0.1) is 24.0 Å². The molecule has 0 spiro atoms. The number of aromatic nitrogens is 5. The molecular weight excluding hydrogens is 308 g/mol. The number of rotatable bonds is 4. The van der Waals surface area contributed by atoms with Gasteiger partial charge in [0.2, 0.25) is 0 Å². The highest BCUT2D eigenvalue weighted by molar-refractivity contribution is 5.95. The van der Waals surface area contributed by atoms with E-state index in [1.54, 1.807) is 6.20 Å². The lowest BCUT2D eigenvalue weighted by Gasteiger charge is -2.28. The van der Waals surface area contributed by atoms with E-state index in [4.69, 9.17) is 4.74 Å². The van der Waals surface area contributed by atoms with E-state index in [0.29, 0.717) is 32.8 Å². The molecule has 4 rings (SSSR count). The summed E-state index contributed by atoms with van der Waals surface area (Å²) in [5.74, 6) is 1.71. The predicted molar refractivity (Wildman–Crippen MR) is 85.3 cm³/mol. The molecule has 0 saturated heterocycles. The Morgan fingerprint density at radius 2 is 2.17 bits per heavy atom. The third kappa shape index (κ3) is 2.60. The lowest BCUT2D eigenvalue weighted by molar-refractivity contribution is 0.0699. The van der Waals surface area contributed by atoms with Gasteiger partial charge in [0.1, 0.15) is 6.61 Å². The first-order chi connectivity index (χ1) is 11.8. The number of carbonyl (C=O) groups excluding carboxylic acids is 1. The first kappa shape index (κ1) is 15.3. The van der Waals surface area contributed by atoms with Crippen molar-refractivity contribution in [1.29, 1.82) is 0 Å². The Labute approximate surface area is 140 Å². The molecule has 0 atom stereocenters. The Bertz CT molecular complexity index is 750. The van der Waals surface area contributed by atoms with Crippen LogP contribution in [0.2, 0.25) is 0 Å². The summed E-state index contributed by atoms with van der Waals surface area (Å²) in [6.07, 6.45) is 4.92. The van der Waals surface area contributed by atoms with Crippen molar-refractivity contribution in [2.75, 3.05) is 13.2 Å². The van der Waals surface area contributed by atoms with E-state index in [-0.39, 0.29) is 5.91 Å². The zero-order valence-electron chi connectivity index (χ0n) is 13.9. The van der Waals surface area contributed by atoms with Crippen molar-refractivity contribution in [3.63, 3.8) is 0 Å². The molecule has 8 nitrogen and oxygen atoms in total. The van der Waals surface area contributed by atoms with E-state index in [1.165, 1.54) is 0 Å². The lowest BCUT2D eigenvalue weighted by atomic mass is 10.1. The first-order valence-electron chi connectivity index (χ1n) is 8.60. The number of carbonyl (C=O) groups is 1. The number of fused-ring (bicyclic) bond motifs is 2. The van der Waals surface area contributed by atoms with Crippen molar-refractivity contribution in [2.45, 2.75) is 52.4 Å². The average Bonchev–Trinajstić information content (AvgIpc) is 3.23. The van der Waals surface area contributed by atoms with E-state index >= 15 is 0 Å². The highest BCUT2D eigenvalue weighted by Crippen LogP contribution is 2.22. The van der Waals surface area contributed by atoms with Gasteiger partial charge in [0, 0.05) is 26.2 Å². The number of ether oxygens (including phenoxy) is 1. The smallest absolute Gasteiger partial charge is 0.257 e. The van der Waals surface area contributed by atoms with Crippen LogP contribution in [-0.4, -0.2) is 48.5 Å². The van der Waals surface area contributed by atoms with Crippen LogP contribution in [0.25, 0.3) is 0 Å². The molecule has 0 N–H and O–H groups in total. The summed E-state index contributed by atoms with van der Waals surface area (Å²) in [5, 5.41) is 12.8. The maximum atomic E-state index is 12.9. The van der Waals surface area contributed by atoms with Crippen LogP contribution in [0.4, 0.5) is 0 Å². The van der Waals surface area contributed by atoms with Gasteiger partial charge >= 0.3 is 0 Å². The van der Waals surface area contributed by atoms with Gasteiger partial charge in [-0.15, -0.1) is 10.2 Å². The molecule has 1 amide bonds. The van der Waals surface area contributed by atoms with Crippen molar-refractivity contribution < 1.29 is 9.53 Å². The molecule has 2 aliphatic rings. The molecule has 0 unspecified atom stereocenters. The number of hydrogen-bond donors (Lipinski definition) is 0. The number of aryl methyl sites for hydroxylation is 1. The van der Waals surface area contributed by atoms with Gasteiger partial charge in [0.25, 0.3) is 5.91 Å². The Morgan fingerprint density at radius 1 is 1.25 bits per heavy atom. The van der Waals surface area contributed by atoms with Gasteiger partial charge in [-0.1, -0.05) is 0 Å². The SMILES string of the molecule is CCOCc1nnc2n1CCN(C(=O)c1cnn3c1CCCC3)C2. The molecule has 2 aromatic rings.